The molecule has 0 spiro atoms. The van der Waals surface area contributed by atoms with Gasteiger partial charge in [-0.3, -0.25) is 0 Å². The first-order valence-corrected chi connectivity index (χ1v) is 6.41. The highest BCUT2D eigenvalue weighted by atomic mass is 19.1. The van der Waals surface area contributed by atoms with Crippen LogP contribution in [-0.4, -0.2) is 18.8 Å². The quantitative estimate of drug-likeness (QED) is 0.879. The van der Waals surface area contributed by atoms with Gasteiger partial charge in [0.15, 0.2) is 11.6 Å². The molecular formula is C16H18FNO2. The Labute approximate surface area is 118 Å². The van der Waals surface area contributed by atoms with E-state index in [-0.39, 0.29) is 18.4 Å². The average Bonchev–Trinajstić information content (AvgIpc) is 2.44. The zero-order chi connectivity index (χ0) is 14.5. The van der Waals surface area contributed by atoms with Crippen molar-refractivity contribution in [2.24, 2.45) is 0 Å². The molecule has 2 aromatic carbocycles. The molecular weight excluding hydrogens is 257 g/mol. The third-order valence-corrected chi connectivity index (χ3v) is 3.12. The van der Waals surface area contributed by atoms with E-state index in [0.717, 1.165) is 11.3 Å². The summed E-state index contributed by atoms with van der Waals surface area (Å²) in [4.78, 5) is 0. The number of rotatable bonds is 5. The van der Waals surface area contributed by atoms with Crippen molar-refractivity contribution in [1.29, 1.82) is 0 Å². The van der Waals surface area contributed by atoms with E-state index >= 15 is 0 Å². The summed E-state index contributed by atoms with van der Waals surface area (Å²) in [6.45, 7) is 1.87. The molecule has 0 aliphatic carbocycles. The lowest BCUT2D eigenvalue weighted by molar-refractivity contribution is 0.276. The fraction of sp³-hybridized carbons (Fsp3) is 0.250. The number of nitrogens with one attached hydrogen (secondary N) is 1. The van der Waals surface area contributed by atoms with Crippen molar-refractivity contribution in [3.05, 3.63) is 59.4 Å². The summed E-state index contributed by atoms with van der Waals surface area (Å²) in [6, 6.07) is 12.1. The maximum absolute atomic E-state index is 13.7. The van der Waals surface area contributed by atoms with Gasteiger partial charge in [0, 0.05) is 5.69 Å². The van der Waals surface area contributed by atoms with Crippen LogP contribution in [0.15, 0.2) is 42.5 Å². The van der Waals surface area contributed by atoms with Crippen molar-refractivity contribution < 1.29 is 14.2 Å². The molecule has 20 heavy (non-hydrogen) atoms. The molecule has 2 aromatic rings. The van der Waals surface area contributed by atoms with Crippen molar-refractivity contribution in [3.63, 3.8) is 0 Å². The number of methoxy groups -OCH3 is 1. The van der Waals surface area contributed by atoms with Crippen LogP contribution in [0.3, 0.4) is 0 Å². The van der Waals surface area contributed by atoms with Crippen molar-refractivity contribution >= 4 is 5.69 Å². The standard InChI is InChI=1S/C16H18FNO2/c1-11-4-3-5-13(8-11)18-15(10-19)12-6-7-16(20-2)14(17)9-12/h3-9,15,18-19H,10H2,1-2H3. The van der Waals surface area contributed by atoms with Gasteiger partial charge in [0.05, 0.1) is 19.8 Å². The molecule has 106 valence electrons. The smallest absolute Gasteiger partial charge is 0.165 e. The van der Waals surface area contributed by atoms with E-state index in [1.807, 2.05) is 31.2 Å². The highest BCUT2D eigenvalue weighted by Crippen LogP contribution is 2.24. The van der Waals surface area contributed by atoms with Gasteiger partial charge in [0.25, 0.3) is 0 Å². The van der Waals surface area contributed by atoms with E-state index < -0.39 is 5.82 Å². The van der Waals surface area contributed by atoms with Crippen LogP contribution in [0.1, 0.15) is 17.2 Å². The predicted molar refractivity (Wildman–Crippen MR) is 77.6 cm³/mol. The zero-order valence-corrected chi connectivity index (χ0v) is 11.6. The maximum Gasteiger partial charge on any atom is 0.165 e. The minimum Gasteiger partial charge on any atom is -0.494 e. The van der Waals surface area contributed by atoms with Crippen LogP contribution in [0.5, 0.6) is 5.75 Å². The molecule has 2 rings (SSSR count). The number of aliphatic hydroxyl groups is 1. The van der Waals surface area contributed by atoms with Crippen molar-refractivity contribution in [2.45, 2.75) is 13.0 Å². The Balaban J connectivity index is 2.22. The van der Waals surface area contributed by atoms with Gasteiger partial charge in [-0.1, -0.05) is 18.2 Å². The van der Waals surface area contributed by atoms with E-state index in [0.29, 0.717) is 5.56 Å². The van der Waals surface area contributed by atoms with Crippen molar-refractivity contribution in [1.82, 2.24) is 0 Å². The normalized spacial score (nSPS) is 12.0. The van der Waals surface area contributed by atoms with Crippen LogP contribution in [0.2, 0.25) is 0 Å². The van der Waals surface area contributed by atoms with Crippen LogP contribution in [0.4, 0.5) is 10.1 Å². The van der Waals surface area contributed by atoms with Crippen LogP contribution < -0.4 is 10.1 Å². The minimum atomic E-state index is -0.436. The first kappa shape index (κ1) is 14.3. The van der Waals surface area contributed by atoms with Crippen molar-refractivity contribution in [2.75, 3.05) is 19.0 Å². The predicted octanol–water partition coefficient (Wildman–Crippen LogP) is 3.29. The summed E-state index contributed by atoms with van der Waals surface area (Å²) in [5.74, 6) is -0.240. The number of hydrogen-bond acceptors (Lipinski definition) is 3. The third-order valence-electron chi connectivity index (χ3n) is 3.12. The molecule has 0 saturated heterocycles. The van der Waals surface area contributed by atoms with E-state index in [9.17, 15) is 9.50 Å². The first-order chi connectivity index (χ1) is 9.63. The molecule has 1 unspecified atom stereocenters. The highest BCUT2D eigenvalue weighted by molar-refractivity contribution is 5.48. The zero-order valence-electron chi connectivity index (χ0n) is 11.6. The van der Waals surface area contributed by atoms with Crippen LogP contribution in [0, 0.1) is 12.7 Å². The van der Waals surface area contributed by atoms with E-state index in [4.69, 9.17) is 4.74 Å². The molecule has 0 amide bonds. The molecule has 0 heterocycles. The third kappa shape index (κ3) is 3.27. The van der Waals surface area contributed by atoms with Gasteiger partial charge < -0.3 is 15.2 Å². The monoisotopic (exact) mass is 275 g/mol. The number of aryl methyl sites for hydroxylation is 1. The fourth-order valence-corrected chi connectivity index (χ4v) is 2.07. The van der Waals surface area contributed by atoms with E-state index in [1.165, 1.54) is 13.2 Å². The van der Waals surface area contributed by atoms with Gasteiger partial charge in [-0.05, 0) is 42.3 Å². The summed E-state index contributed by atoms with van der Waals surface area (Å²) in [6.07, 6.45) is 0. The Morgan fingerprint density at radius 3 is 2.65 bits per heavy atom. The second-order valence-corrected chi connectivity index (χ2v) is 4.64. The molecule has 0 fully saturated rings. The molecule has 0 aliphatic rings. The molecule has 4 heteroatoms. The van der Waals surface area contributed by atoms with Gasteiger partial charge in [-0.25, -0.2) is 4.39 Å². The summed E-state index contributed by atoms with van der Waals surface area (Å²) < 4.78 is 18.6. The Morgan fingerprint density at radius 2 is 2.05 bits per heavy atom. The summed E-state index contributed by atoms with van der Waals surface area (Å²) in [7, 11) is 1.42. The maximum atomic E-state index is 13.7. The molecule has 0 aliphatic heterocycles. The minimum absolute atomic E-state index is 0.125. The van der Waals surface area contributed by atoms with E-state index in [1.54, 1.807) is 12.1 Å². The SMILES string of the molecule is COc1ccc(C(CO)Nc2cccc(C)c2)cc1F. The van der Waals surface area contributed by atoms with Crippen LogP contribution in [0.25, 0.3) is 0 Å². The number of aliphatic hydroxyl groups excluding tert-OH is 1. The van der Waals surface area contributed by atoms with Gasteiger partial charge in [0.1, 0.15) is 0 Å². The van der Waals surface area contributed by atoms with Gasteiger partial charge in [-0.2, -0.15) is 0 Å². The molecule has 3 nitrogen and oxygen atoms in total. The number of halogens is 1. The van der Waals surface area contributed by atoms with Gasteiger partial charge in [0.2, 0.25) is 0 Å². The first-order valence-electron chi connectivity index (χ1n) is 6.41. The molecule has 0 aromatic heterocycles. The van der Waals surface area contributed by atoms with Gasteiger partial charge >= 0.3 is 0 Å². The lowest BCUT2D eigenvalue weighted by Gasteiger charge is -2.19. The second-order valence-electron chi connectivity index (χ2n) is 4.64. The van der Waals surface area contributed by atoms with Crippen LogP contribution in [-0.2, 0) is 0 Å². The molecule has 2 N–H and O–H groups in total. The Morgan fingerprint density at radius 1 is 1.25 bits per heavy atom. The van der Waals surface area contributed by atoms with Crippen LogP contribution >= 0.6 is 0 Å². The lowest BCUT2D eigenvalue weighted by Crippen LogP contribution is -2.15. The number of benzene rings is 2. The largest absolute Gasteiger partial charge is 0.494 e. The fourth-order valence-electron chi connectivity index (χ4n) is 2.07. The topological polar surface area (TPSA) is 41.5 Å². The Bertz CT molecular complexity index is 586. The number of hydrogen-bond donors (Lipinski definition) is 2. The number of anilines is 1. The summed E-state index contributed by atoms with van der Waals surface area (Å²) in [5.41, 5.74) is 2.68. The summed E-state index contributed by atoms with van der Waals surface area (Å²) >= 11 is 0. The number of ether oxygens (including phenoxy) is 1. The van der Waals surface area contributed by atoms with Crippen molar-refractivity contribution in [3.8, 4) is 5.75 Å². The highest BCUT2D eigenvalue weighted by Gasteiger charge is 2.13. The molecule has 0 saturated carbocycles. The average molecular weight is 275 g/mol. The Kier molecular flexibility index (Phi) is 4.58. The molecule has 0 radical (unpaired) electrons. The Hall–Kier alpha value is -2.07. The second kappa shape index (κ2) is 6.39. The van der Waals surface area contributed by atoms with Gasteiger partial charge in [-0.15, -0.1) is 0 Å². The lowest BCUT2D eigenvalue weighted by atomic mass is 10.1. The molecule has 1 atom stereocenters. The summed E-state index contributed by atoms with van der Waals surface area (Å²) in [5, 5.41) is 12.7. The molecule has 0 bridgehead atoms. The van der Waals surface area contributed by atoms with E-state index in [2.05, 4.69) is 5.32 Å².